The number of nitrogens with one attached hydrogen (secondary N) is 1. The number of ether oxygens (including phenoxy) is 1. The number of anilines is 1. The van der Waals surface area contributed by atoms with Crippen LogP contribution in [0.15, 0.2) is 51.7 Å². The van der Waals surface area contributed by atoms with Crippen LogP contribution in [0.2, 0.25) is 0 Å². The molecule has 0 unspecified atom stereocenters. The van der Waals surface area contributed by atoms with E-state index in [0.29, 0.717) is 21.4 Å². The molecule has 0 aliphatic carbocycles. The van der Waals surface area contributed by atoms with Gasteiger partial charge < -0.3 is 14.6 Å². The molecule has 0 saturated carbocycles. The minimum atomic E-state index is -0.510. The lowest BCUT2D eigenvalue weighted by molar-refractivity contribution is -0.116. The van der Waals surface area contributed by atoms with Crippen LogP contribution in [0.1, 0.15) is 16.8 Å². The van der Waals surface area contributed by atoms with E-state index in [9.17, 15) is 14.9 Å². The van der Waals surface area contributed by atoms with Crippen LogP contribution >= 0.6 is 15.9 Å². The van der Waals surface area contributed by atoms with Crippen molar-refractivity contribution in [2.75, 3.05) is 12.4 Å². The van der Waals surface area contributed by atoms with Gasteiger partial charge in [-0.15, -0.1) is 0 Å². The van der Waals surface area contributed by atoms with E-state index in [2.05, 4.69) is 21.2 Å². The van der Waals surface area contributed by atoms with Crippen molar-refractivity contribution in [3.05, 3.63) is 74.1 Å². The van der Waals surface area contributed by atoms with Crippen molar-refractivity contribution in [2.45, 2.75) is 20.1 Å². The van der Waals surface area contributed by atoms with Gasteiger partial charge >= 0.3 is 0 Å². The quantitative estimate of drug-likeness (QED) is 0.656. The lowest BCUT2D eigenvalue weighted by atomic mass is 10.1. The van der Waals surface area contributed by atoms with Gasteiger partial charge in [0.15, 0.2) is 0 Å². The van der Waals surface area contributed by atoms with E-state index in [4.69, 9.17) is 4.74 Å². The summed E-state index contributed by atoms with van der Waals surface area (Å²) in [6.45, 7) is 1.65. The summed E-state index contributed by atoms with van der Waals surface area (Å²) in [5.41, 5.74) is 1.15. The predicted molar refractivity (Wildman–Crippen MR) is 111 cm³/mol. The number of pyridine rings is 1. The highest BCUT2D eigenvalue weighted by atomic mass is 79.9. The lowest BCUT2D eigenvalue weighted by Crippen LogP contribution is -2.32. The number of rotatable bonds is 5. The summed E-state index contributed by atoms with van der Waals surface area (Å²) in [6.07, 6.45) is 0. The number of aromatic nitrogens is 1. The van der Waals surface area contributed by atoms with Crippen molar-refractivity contribution in [3.8, 4) is 6.07 Å². The summed E-state index contributed by atoms with van der Waals surface area (Å²) in [6, 6.07) is 15.4. The van der Waals surface area contributed by atoms with Crippen LogP contribution in [0.4, 0.5) is 5.69 Å². The molecule has 28 heavy (non-hydrogen) atoms. The van der Waals surface area contributed by atoms with E-state index >= 15 is 0 Å². The molecular formula is C21H18BrN3O3. The maximum absolute atomic E-state index is 12.7. The standard InChI is InChI=1S/C21H18BrN3O3/c1-13-20(22)18(12-28-2)17(10-23)21(27)25(13)11-19(26)24-16-8-7-14-5-3-4-6-15(14)9-16/h3-9H,11-12H2,1-2H3,(H,24,26). The zero-order valence-electron chi connectivity index (χ0n) is 15.5. The molecule has 142 valence electrons. The Morgan fingerprint density at radius 1 is 1.25 bits per heavy atom. The molecule has 0 fully saturated rings. The van der Waals surface area contributed by atoms with Gasteiger partial charge in [-0.1, -0.05) is 30.3 Å². The predicted octanol–water partition coefficient (Wildman–Crippen LogP) is 3.73. The molecule has 1 N–H and O–H groups in total. The normalized spacial score (nSPS) is 10.6. The summed E-state index contributed by atoms with van der Waals surface area (Å²) in [7, 11) is 1.49. The number of hydrogen-bond donors (Lipinski definition) is 1. The van der Waals surface area contributed by atoms with Crippen molar-refractivity contribution in [1.29, 1.82) is 5.26 Å². The molecule has 0 aliphatic heterocycles. The molecule has 0 saturated heterocycles. The molecule has 2 aromatic carbocycles. The van der Waals surface area contributed by atoms with Crippen LogP contribution in [-0.4, -0.2) is 17.6 Å². The lowest BCUT2D eigenvalue weighted by Gasteiger charge is -2.16. The fourth-order valence-corrected chi connectivity index (χ4v) is 3.59. The van der Waals surface area contributed by atoms with Crippen LogP contribution in [0.3, 0.4) is 0 Å². The third-order valence-corrected chi connectivity index (χ3v) is 5.54. The number of halogens is 1. The minimum absolute atomic E-state index is 0.0298. The van der Waals surface area contributed by atoms with E-state index in [1.54, 1.807) is 6.92 Å². The Labute approximate surface area is 170 Å². The minimum Gasteiger partial charge on any atom is -0.380 e. The highest BCUT2D eigenvalue weighted by Gasteiger charge is 2.19. The molecule has 0 spiro atoms. The summed E-state index contributed by atoms with van der Waals surface area (Å²) in [5.74, 6) is -0.351. The molecule has 7 heteroatoms. The number of nitrogens with zero attached hydrogens (tertiary/aromatic N) is 2. The summed E-state index contributed by atoms with van der Waals surface area (Å²) in [4.78, 5) is 25.3. The van der Waals surface area contributed by atoms with Crippen molar-refractivity contribution in [3.63, 3.8) is 0 Å². The van der Waals surface area contributed by atoms with E-state index in [-0.39, 0.29) is 24.6 Å². The number of carbonyl (C=O) groups is 1. The largest absolute Gasteiger partial charge is 0.380 e. The van der Waals surface area contributed by atoms with Crippen LogP contribution in [-0.2, 0) is 22.7 Å². The monoisotopic (exact) mass is 439 g/mol. The molecule has 1 aromatic heterocycles. The highest BCUT2D eigenvalue weighted by molar-refractivity contribution is 9.10. The Balaban J connectivity index is 1.90. The molecule has 1 amide bonds. The third kappa shape index (κ3) is 3.84. The first kappa shape index (κ1) is 19.8. The molecule has 0 radical (unpaired) electrons. The van der Waals surface area contributed by atoms with E-state index in [1.807, 2.05) is 48.5 Å². The van der Waals surface area contributed by atoms with Gasteiger partial charge in [-0.3, -0.25) is 9.59 Å². The highest BCUT2D eigenvalue weighted by Crippen LogP contribution is 2.23. The van der Waals surface area contributed by atoms with Gasteiger partial charge in [0.1, 0.15) is 18.2 Å². The van der Waals surface area contributed by atoms with Crippen LogP contribution in [0, 0.1) is 18.3 Å². The zero-order chi connectivity index (χ0) is 20.3. The number of fused-ring (bicyclic) bond motifs is 1. The molecule has 0 aliphatic rings. The second-order valence-electron chi connectivity index (χ2n) is 6.30. The maximum Gasteiger partial charge on any atom is 0.269 e. The second-order valence-corrected chi connectivity index (χ2v) is 7.09. The van der Waals surface area contributed by atoms with Gasteiger partial charge in [-0.05, 0) is 45.8 Å². The van der Waals surface area contributed by atoms with E-state index < -0.39 is 5.56 Å². The van der Waals surface area contributed by atoms with Gasteiger partial charge in [0.25, 0.3) is 5.56 Å². The van der Waals surface area contributed by atoms with Gasteiger partial charge in [0.05, 0.1) is 6.61 Å². The Morgan fingerprint density at radius 2 is 1.96 bits per heavy atom. The number of benzene rings is 2. The molecule has 3 aromatic rings. The summed E-state index contributed by atoms with van der Waals surface area (Å²) >= 11 is 3.42. The Kier molecular flexibility index (Phi) is 5.93. The van der Waals surface area contributed by atoms with E-state index in [0.717, 1.165) is 10.8 Å². The number of methoxy groups -OCH3 is 1. The van der Waals surface area contributed by atoms with Gasteiger partial charge in [-0.2, -0.15) is 5.26 Å². The first-order valence-electron chi connectivity index (χ1n) is 8.55. The molecule has 0 bridgehead atoms. The summed E-state index contributed by atoms with van der Waals surface area (Å²) in [5, 5.41) is 14.3. The van der Waals surface area contributed by atoms with Gasteiger partial charge in [0.2, 0.25) is 5.91 Å². The Bertz CT molecular complexity index is 1160. The van der Waals surface area contributed by atoms with Gasteiger partial charge in [-0.25, -0.2) is 0 Å². The number of hydrogen-bond acceptors (Lipinski definition) is 4. The maximum atomic E-state index is 12.7. The second kappa shape index (κ2) is 8.38. The fraction of sp³-hybridized carbons (Fsp3) is 0.190. The van der Waals surface area contributed by atoms with E-state index in [1.165, 1.54) is 11.7 Å². The van der Waals surface area contributed by atoms with Crippen molar-refractivity contribution < 1.29 is 9.53 Å². The molecule has 0 atom stereocenters. The van der Waals surface area contributed by atoms with Crippen molar-refractivity contribution >= 4 is 38.3 Å². The Hall–Kier alpha value is -2.95. The summed E-state index contributed by atoms with van der Waals surface area (Å²) < 4.78 is 6.96. The average Bonchev–Trinajstić information content (AvgIpc) is 2.69. The van der Waals surface area contributed by atoms with Crippen LogP contribution in [0.25, 0.3) is 10.8 Å². The molecule has 3 rings (SSSR count). The van der Waals surface area contributed by atoms with Gasteiger partial charge in [0, 0.05) is 28.5 Å². The van der Waals surface area contributed by atoms with Crippen molar-refractivity contribution in [1.82, 2.24) is 4.57 Å². The van der Waals surface area contributed by atoms with Crippen LogP contribution in [0.5, 0.6) is 0 Å². The average molecular weight is 440 g/mol. The number of carbonyl (C=O) groups excluding carboxylic acids is 1. The first-order chi connectivity index (χ1) is 13.5. The molecule has 1 heterocycles. The fourth-order valence-electron chi connectivity index (χ4n) is 3.06. The topological polar surface area (TPSA) is 84.1 Å². The molecular weight excluding hydrogens is 422 g/mol. The first-order valence-corrected chi connectivity index (χ1v) is 9.35. The molecule has 6 nitrogen and oxygen atoms in total. The van der Waals surface area contributed by atoms with Crippen molar-refractivity contribution in [2.24, 2.45) is 0 Å². The number of nitriles is 1. The van der Waals surface area contributed by atoms with Crippen LogP contribution < -0.4 is 10.9 Å². The smallest absolute Gasteiger partial charge is 0.269 e. The zero-order valence-corrected chi connectivity index (χ0v) is 17.0. The Morgan fingerprint density at radius 3 is 2.64 bits per heavy atom. The third-order valence-electron chi connectivity index (χ3n) is 4.48. The number of amides is 1. The SMILES string of the molecule is COCc1c(Br)c(C)n(CC(=O)Nc2ccc3ccccc3c2)c(=O)c1C#N.